The number of esters is 4. The largest absolute Gasteiger partial charge is 0.478 e. The van der Waals surface area contributed by atoms with E-state index in [1.165, 1.54) is 0 Å². The standard InChI is InChI=1S/2C12H22O4.C4H4O4/c2*1-3-5-9-15-11(13)7-8-12(14)16-10-6-4-2;5-3(6)1-2-4(7)8/h2*3-10H2,1-2H3;1-2H,(H,5,6)(H,7,8)/b;;2-1-. The van der Waals surface area contributed by atoms with Crippen LogP contribution in [0.3, 0.4) is 0 Å². The summed E-state index contributed by atoms with van der Waals surface area (Å²) in [6.07, 6.45) is 9.04. The Kier molecular flexibility index (Phi) is 32.6. The van der Waals surface area contributed by atoms with Gasteiger partial charge in [-0.3, -0.25) is 19.2 Å². The molecule has 0 fully saturated rings. The number of carbonyl (C=O) groups is 6. The first kappa shape index (κ1) is 41.0. The van der Waals surface area contributed by atoms with Crippen molar-refractivity contribution >= 4 is 35.8 Å². The molecule has 0 aliphatic carbocycles. The molecular formula is C28H48O12. The van der Waals surface area contributed by atoms with Crippen LogP contribution in [0.4, 0.5) is 0 Å². The van der Waals surface area contributed by atoms with Gasteiger partial charge in [0, 0.05) is 12.2 Å². The van der Waals surface area contributed by atoms with Crippen LogP contribution in [0.15, 0.2) is 12.2 Å². The highest BCUT2D eigenvalue weighted by atomic mass is 16.5. The Morgan fingerprint density at radius 1 is 0.450 bits per heavy atom. The van der Waals surface area contributed by atoms with E-state index in [0.29, 0.717) is 38.6 Å². The molecule has 0 aliphatic rings. The van der Waals surface area contributed by atoms with Crippen LogP contribution in [-0.2, 0) is 47.7 Å². The van der Waals surface area contributed by atoms with Gasteiger partial charge in [0.05, 0.1) is 52.1 Å². The lowest BCUT2D eigenvalue weighted by Crippen LogP contribution is -2.11. The van der Waals surface area contributed by atoms with Gasteiger partial charge in [0.2, 0.25) is 0 Å². The topological polar surface area (TPSA) is 180 Å². The first-order valence-corrected chi connectivity index (χ1v) is 13.8. The van der Waals surface area contributed by atoms with Gasteiger partial charge >= 0.3 is 35.8 Å². The number of carboxylic acid groups (broad SMARTS) is 2. The van der Waals surface area contributed by atoms with Crippen LogP contribution in [0.1, 0.15) is 105 Å². The second-order valence-electron chi connectivity index (χ2n) is 8.31. The van der Waals surface area contributed by atoms with Gasteiger partial charge < -0.3 is 29.2 Å². The maximum Gasteiger partial charge on any atom is 0.328 e. The molecule has 40 heavy (non-hydrogen) atoms. The van der Waals surface area contributed by atoms with Crippen molar-refractivity contribution in [2.75, 3.05) is 26.4 Å². The average molecular weight is 577 g/mol. The van der Waals surface area contributed by atoms with Crippen LogP contribution in [0.2, 0.25) is 0 Å². The zero-order valence-corrected chi connectivity index (χ0v) is 24.4. The van der Waals surface area contributed by atoms with Crippen molar-refractivity contribution in [3.63, 3.8) is 0 Å². The molecule has 232 valence electrons. The maximum atomic E-state index is 11.1. The molecule has 2 N–H and O–H groups in total. The van der Waals surface area contributed by atoms with Gasteiger partial charge in [-0.15, -0.1) is 0 Å². The summed E-state index contributed by atoms with van der Waals surface area (Å²) in [6.45, 7) is 9.89. The molecule has 0 aliphatic heterocycles. The number of aliphatic carboxylic acids is 2. The Bertz CT molecular complexity index is 627. The van der Waals surface area contributed by atoms with E-state index >= 15 is 0 Å². The fourth-order valence-electron chi connectivity index (χ4n) is 2.16. The van der Waals surface area contributed by atoms with Gasteiger partial charge in [-0.05, 0) is 25.7 Å². The predicted molar refractivity (Wildman–Crippen MR) is 146 cm³/mol. The molecule has 0 radical (unpaired) electrons. The Morgan fingerprint density at radius 3 is 0.800 bits per heavy atom. The maximum absolute atomic E-state index is 11.1. The molecule has 0 aromatic heterocycles. The summed E-state index contributed by atoms with van der Waals surface area (Å²) in [4.78, 5) is 63.6. The molecule has 12 heteroatoms. The van der Waals surface area contributed by atoms with Gasteiger partial charge in [0.1, 0.15) is 0 Å². The smallest absolute Gasteiger partial charge is 0.328 e. The van der Waals surface area contributed by atoms with E-state index in [-0.39, 0.29) is 49.6 Å². The van der Waals surface area contributed by atoms with Gasteiger partial charge in [-0.1, -0.05) is 53.4 Å². The third kappa shape index (κ3) is 39.1. The quantitative estimate of drug-likeness (QED) is 0.0890. The second kappa shape index (κ2) is 31.8. The van der Waals surface area contributed by atoms with Gasteiger partial charge in [-0.2, -0.15) is 0 Å². The normalized spacial score (nSPS) is 9.80. The molecular weight excluding hydrogens is 528 g/mol. The summed E-state index contributed by atoms with van der Waals surface area (Å²) < 4.78 is 19.6. The Hall–Kier alpha value is -3.44. The highest BCUT2D eigenvalue weighted by Gasteiger charge is 2.09. The van der Waals surface area contributed by atoms with Crippen molar-refractivity contribution in [2.24, 2.45) is 0 Å². The van der Waals surface area contributed by atoms with E-state index in [0.717, 1.165) is 51.4 Å². The van der Waals surface area contributed by atoms with Crippen molar-refractivity contribution in [3.8, 4) is 0 Å². The zero-order chi connectivity index (χ0) is 31.0. The van der Waals surface area contributed by atoms with Crippen molar-refractivity contribution < 1.29 is 57.9 Å². The van der Waals surface area contributed by atoms with Crippen LogP contribution >= 0.6 is 0 Å². The highest BCUT2D eigenvalue weighted by molar-refractivity contribution is 5.89. The second-order valence-corrected chi connectivity index (χ2v) is 8.31. The van der Waals surface area contributed by atoms with E-state index in [1.54, 1.807) is 0 Å². The minimum Gasteiger partial charge on any atom is -0.478 e. The monoisotopic (exact) mass is 576 g/mol. The first-order chi connectivity index (χ1) is 19.0. The number of carbonyl (C=O) groups excluding carboxylic acids is 4. The van der Waals surface area contributed by atoms with Crippen LogP contribution < -0.4 is 0 Å². The Balaban J connectivity index is -0.000000543. The molecule has 0 spiro atoms. The lowest BCUT2D eigenvalue weighted by Gasteiger charge is -2.04. The summed E-state index contributed by atoms with van der Waals surface area (Å²) in [6, 6.07) is 0. The lowest BCUT2D eigenvalue weighted by atomic mass is 10.3. The van der Waals surface area contributed by atoms with E-state index < -0.39 is 11.9 Å². The molecule has 0 rings (SSSR count). The van der Waals surface area contributed by atoms with Crippen LogP contribution in [0, 0.1) is 0 Å². The van der Waals surface area contributed by atoms with Gasteiger partial charge in [0.15, 0.2) is 0 Å². The van der Waals surface area contributed by atoms with E-state index in [4.69, 9.17) is 29.2 Å². The van der Waals surface area contributed by atoms with Crippen molar-refractivity contribution in [1.82, 2.24) is 0 Å². The molecule has 0 unspecified atom stereocenters. The summed E-state index contributed by atoms with van der Waals surface area (Å²) in [7, 11) is 0. The minimum absolute atomic E-state index is 0.120. The molecule has 0 aromatic carbocycles. The minimum atomic E-state index is -1.26. The van der Waals surface area contributed by atoms with E-state index in [1.807, 2.05) is 27.7 Å². The van der Waals surface area contributed by atoms with Crippen LogP contribution in [0.5, 0.6) is 0 Å². The Labute approximate surface area is 237 Å². The highest BCUT2D eigenvalue weighted by Crippen LogP contribution is 2.00. The summed E-state index contributed by atoms with van der Waals surface area (Å²) >= 11 is 0. The SMILES string of the molecule is CCCCOC(=O)CCC(=O)OCCCC.CCCCOC(=O)CCC(=O)OCCCC.O=C(O)/C=C\C(=O)O. The summed E-state index contributed by atoms with van der Waals surface area (Å²) in [5.74, 6) is -3.79. The average Bonchev–Trinajstić information content (AvgIpc) is 2.91. The van der Waals surface area contributed by atoms with Crippen molar-refractivity contribution in [3.05, 3.63) is 12.2 Å². The van der Waals surface area contributed by atoms with Gasteiger partial charge in [-0.25, -0.2) is 9.59 Å². The molecule has 0 bridgehead atoms. The zero-order valence-electron chi connectivity index (χ0n) is 24.4. The first-order valence-electron chi connectivity index (χ1n) is 13.8. The van der Waals surface area contributed by atoms with E-state index in [2.05, 4.69) is 0 Å². The number of unbranched alkanes of at least 4 members (excludes halogenated alkanes) is 4. The molecule has 0 amide bonds. The summed E-state index contributed by atoms with van der Waals surface area (Å²) in [5.41, 5.74) is 0. The number of carboxylic acids is 2. The number of hydrogen-bond donors (Lipinski definition) is 2. The summed E-state index contributed by atoms with van der Waals surface area (Å²) in [5, 5.41) is 15.6. The number of rotatable bonds is 20. The van der Waals surface area contributed by atoms with Crippen LogP contribution in [-0.4, -0.2) is 72.5 Å². The fourth-order valence-corrected chi connectivity index (χ4v) is 2.16. The number of hydrogen-bond acceptors (Lipinski definition) is 10. The molecule has 0 aromatic rings. The number of ether oxygens (including phenoxy) is 4. The fraction of sp³-hybridized carbons (Fsp3) is 0.714. The lowest BCUT2D eigenvalue weighted by molar-refractivity contribution is -0.150. The van der Waals surface area contributed by atoms with Crippen molar-refractivity contribution in [1.29, 1.82) is 0 Å². The molecule has 0 saturated heterocycles. The Morgan fingerprint density at radius 2 is 0.650 bits per heavy atom. The van der Waals surface area contributed by atoms with Crippen molar-refractivity contribution in [2.45, 2.75) is 105 Å². The molecule has 0 heterocycles. The third-order valence-corrected chi connectivity index (χ3v) is 4.48. The molecule has 0 saturated carbocycles. The molecule has 0 atom stereocenters. The predicted octanol–water partition coefficient (Wildman–Crippen LogP) is 4.62. The van der Waals surface area contributed by atoms with Gasteiger partial charge in [0.25, 0.3) is 0 Å². The molecule has 12 nitrogen and oxygen atoms in total. The van der Waals surface area contributed by atoms with Crippen LogP contribution in [0.25, 0.3) is 0 Å². The third-order valence-electron chi connectivity index (χ3n) is 4.48. The van der Waals surface area contributed by atoms with E-state index in [9.17, 15) is 28.8 Å².